The first-order valence-corrected chi connectivity index (χ1v) is 5.41. The molecule has 1 aliphatic carbocycles. The number of nitrogens with zero attached hydrogens (tertiary/aromatic N) is 1. The Morgan fingerprint density at radius 3 is 2.64 bits per heavy atom. The standard InChI is InChI=1S/C11H15Cl2N/c1-14(2)8-7-9-3-5-10(12)11(13)6-4-9/h3-5H,6-8H2,1-2H3. The molecule has 0 bridgehead atoms. The van der Waals surface area contributed by atoms with Crippen molar-refractivity contribution in [2.24, 2.45) is 0 Å². The molecule has 78 valence electrons. The van der Waals surface area contributed by atoms with Crippen molar-refractivity contribution in [2.45, 2.75) is 12.8 Å². The SMILES string of the molecule is CN(C)CCC1=CCC(Cl)=C(Cl)C=C1. The highest BCUT2D eigenvalue weighted by Crippen LogP contribution is 2.24. The molecule has 0 spiro atoms. The van der Waals surface area contributed by atoms with Crippen molar-refractivity contribution >= 4 is 23.2 Å². The van der Waals surface area contributed by atoms with Crippen molar-refractivity contribution < 1.29 is 0 Å². The van der Waals surface area contributed by atoms with Crippen LogP contribution in [0.4, 0.5) is 0 Å². The van der Waals surface area contributed by atoms with Crippen LogP contribution in [0.2, 0.25) is 0 Å². The molecule has 3 heteroatoms. The van der Waals surface area contributed by atoms with Crippen molar-refractivity contribution in [1.29, 1.82) is 0 Å². The second-order valence-corrected chi connectivity index (χ2v) is 4.49. The van der Waals surface area contributed by atoms with Crippen LogP contribution in [0, 0.1) is 0 Å². The summed E-state index contributed by atoms with van der Waals surface area (Å²) >= 11 is 11.9. The largest absolute Gasteiger partial charge is 0.309 e. The predicted octanol–water partition coefficient (Wildman–Crippen LogP) is 3.51. The Morgan fingerprint density at radius 1 is 1.29 bits per heavy atom. The fraction of sp³-hybridized carbons (Fsp3) is 0.455. The van der Waals surface area contributed by atoms with Crippen molar-refractivity contribution in [1.82, 2.24) is 4.90 Å². The van der Waals surface area contributed by atoms with E-state index in [1.807, 2.05) is 12.2 Å². The lowest BCUT2D eigenvalue weighted by Gasteiger charge is -2.09. The summed E-state index contributed by atoms with van der Waals surface area (Å²) < 4.78 is 0. The molecule has 0 saturated heterocycles. The smallest absolute Gasteiger partial charge is 0.0554 e. The van der Waals surface area contributed by atoms with Gasteiger partial charge >= 0.3 is 0 Å². The first-order chi connectivity index (χ1) is 6.59. The van der Waals surface area contributed by atoms with Crippen LogP contribution in [-0.4, -0.2) is 25.5 Å². The van der Waals surface area contributed by atoms with Gasteiger partial charge in [0.25, 0.3) is 0 Å². The van der Waals surface area contributed by atoms with Crippen molar-refractivity contribution in [2.75, 3.05) is 20.6 Å². The molecule has 14 heavy (non-hydrogen) atoms. The second-order valence-electron chi connectivity index (χ2n) is 3.62. The van der Waals surface area contributed by atoms with Crippen LogP contribution in [0.15, 0.2) is 33.9 Å². The van der Waals surface area contributed by atoms with Gasteiger partial charge in [-0.2, -0.15) is 0 Å². The summed E-state index contributed by atoms with van der Waals surface area (Å²) in [5, 5.41) is 1.38. The van der Waals surface area contributed by atoms with Gasteiger partial charge in [0.2, 0.25) is 0 Å². The van der Waals surface area contributed by atoms with E-state index in [-0.39, 0.29) is 0 Å². The number of rotatable bonds is 3. The third-order valence-corrected chi connectivity index (χ3v) is 2.90. The molecule has 0 fully saturated rings. The molecular weight excluding hydrogens is 217 g/mol. The normalized spacial score (nSPS) is 17.4. The molecule has 0 aromatic carbocycles. The molecular formula is C11H15Cl2N. The van der Waals surface area contributed by atoms with Gasteiger partial charge in [0, 0.05) is 18.0 Å². The molecule has 0 heterocycles. The minimum atomic E-state index is 0.655. The first kappa shape index (κ1) is 11.8. The Balaban J connectivity index is 2.55. The van der Waals surface area contributed by atoms with Crippen LogP contribution < -0.4 is 0 Å². The zero-order valence-electron chi connectivity index (χ0n) is 8.56. The molecule has 0 atom stereocenters. The quantitative estimate of drug-likeness (QED) is 0.719. The van der Waals surface area contributed by atoms with Gasteiger partial charge in [-0.15, -0.1) is 0 Å². The van der Waals surface area contributed by atoms with E-state index in [1.165, 1.54) is 5.57 Å². The fourth-order valence-electron chi connectivity index (χ4n) is 1.19. The lowest BCUT2D eigenvalue weighted by molar-refractivity contribution is 0.414. The van der Waals surface area contributed by atoms with Crippen LogP contribution >= 0.6 is 23.2 Å². The lowest BCUT2D eigenvalue weighted by atomic mass is 10.1. The molecule has 0 saturated carbocycles. The molecule has 1 nitrogen and oxygen atoms in total. The minimum Gasteiger partial charge on any atom is -0.309 e. The molecule has 0 aliphatic heterocycles. The average Bonchev–Trinajstić information content (AvgIpc) is 2.28. The molecule has 0 aromatic heterocycles. The number of hydrogen-bond acceptors (Lipinski definition) is 1. The van der Waals surface area contributed by atoms with Gasteiger partial charge in [0.15, 0.2) is 0 Å². The zero-order chi connectivity index (χ0) is 10.6. The topological polar surface area (TPSA) is 3.24 Å². The van der Waals surface area contributed by atoms with Crippen LogP contribution in [0.3, 0.4) is 0 Å². The van der Waals surface area contributed by atoms with E-state index in [0.717, 1.165) is 24.4 Å². The maximum absolute atomic E-state index is 5.94. The molecule has 0 unspecified atom stereocenters. The van der Waals surface area contributed by atoms with E-state index in [0.29, 0.717) is 5.03 Å². The minimum absolute atomic E-state index is 0.655. The molecule has 0 amide bonds. The maximum atomic E-state index is 5.94. The van der Waals surface area contributed by atoms with Gasteiger partial charge < -0.3 is 4.90 Å². The summed E-state index contributed by atoms with van der Waals surface area (Å²) in [6.45, 7) is 1.05. The van der Waals surface area contributed by atoms with Gasteiger partial charge in [-0.1, -0.05) is 40.9 Å². The van der Waals surface area contributed by atoms with Crippen LogP contribution in [0.1, 0.15) is 12.8 Å². The monoisotopic (exact) mass is 231 g/mol. The van der Waals surface area contributed by atoms with E-state index in [9.17, 15) is 0 Å². The van der Waals surface area contributed by atoms with E-state index < -0.39 is 0 Å². The average molecular weight is 232 g/mol. The van der Waals surface area contributed by atoms with Crippen LogP contribution in [0.25, 0.3) is 0 Å². The number of halogens is 2. The second kappa shape index (κ2) is 5.59. The summed E-state index contributed by atoms with van der Waals surface area (Å²) in [4.78, 5) is 2.16. The van der Waals surface area contributed by atoms with Gasteiger partial charge in [-0.05, 0) is 26.6 Å². The Labute approximate surface area is 95.7 Å². The molecule has 1 aliphatic rings. The Hall–Kier alpha value is -0.240. The maximum Gasteiger partial charge on any atom is 0.0554 e. The summed E-state index contributed by atoms with van der Waals surface area (Å²) in [5.41, 5.74) is 1.30. The summed E-state index contributed by atoms with van der Waals surface area (Å²) in [6, 6.07) is 0. The third-order valence-electron chi connectivity index (χ3n) is 2.09. The lowest BCUT2D eigenvalue weighted by Crippen LogP contribution is -2.13. The number of hydrogen-bond donors (Lipinski definition) is 0. The molecule has 0 aromatic rings. The Morgan fingerprint density at radius 2 is 2.00 bits per heavy atom. The predicted molar refractivity (Wildman–Crippen MR) is 63.7 cm³/mol. The van der Waals surface area contributed by atoms with Crippen LogP contribution in [0.5, 0.6) is 0 Å². The third kappa shape index (κ3) is 3.87. The Bertz CT molecular complexity index is 288. The van der Waals surface area contributed by atoms with E-state index in [1.54, 1.807) is 0 Å². The molecule has 1 rings (SSSR count). The van der Waals surface area contributed by atoms with E-state index >= 15 is 0 Å². The Kier molecular flexibility index (Phi) is 4.73. The zero-order valence-corrected chi connectivity index (χ0v) is 10.1. The highest BCUT2D eigenvalue weighted by atomic mass is 35.5. The highest BCUT2D eigenvalue weighted by Gasteiger charge is 2.03. The molecule has 0 N–H and O–H groups in total. The van der Waals surface area contributed by atoms with Gasteiger partial charge in [-0.25, -0.2) is 0 Å². The van der Waals surface area contributed by atoms with Gasteiger partial charge in [-0.3, -0.25) is 0 Å². The highest BCUT2D eigenvalue weighted by molar-refractivity contribution is 6.40. The summed E-state index contributed by atoms with van der Waals surface area (Å²) in [7, 11) is 4.14. The fourth-order valence-corrected chi connectivity index (χ4v) is 1.48. The van der Waals surface area contributed by atoms with E-state index in [4.69, 9.17) is 23.2 Å². The summed E-state index contributed by atoms with van der Waals surface area (Å²) in [6.07, 6.45) is 7.84. The van der Waals surface area contributed by atoms with Crippen molar-refractivity contribution in [3.63, 3.8) is 0 Å². The van der Waals surface area contributed by atoms with Crippen LogP contribution in [-0.2, 0) is 0 Å². The van der Waals surface area contributed by atoms with Gasteiger partial charge in [0.1, 0.15) is 0 Å². The van der Waals surface area contributed by atoms with Crippen molar-refractivity contribution in [3.8, 4) is 0 Å². The first-order valence-electron chi connectivity index (χ1n) is 4.65. The summed E-state index contributed by atoms with van der Waals surface area (Å²) in [5.74, 6) is 0. The van der Waals surface area contributed by atoms with E-state index in [2.05, 4.69) is 25.1 Å². The molecule has 0 radical (unpaired) electrons. The van der Waals surface area contributed by atoms with Gasteiger partial charge in [0.05, 0.1) is 5.03 Å². The van der Waals surface area contributed by atoms with Crippen molar-refractivity contribution in [3.05, 3.63) is 33.9 Å². The number of allylic oxidation sites excluding steroid dienone is 5.